The van der Waals surface area contributed by atoms with Gasteiger partial charge in [-0.05, 0) is 52.4 Å². The molecule has 0 heterocycles. The van der Waals surface area contributed by atoms with Crippen LogP contribution in [0.25, 0.3) is 0 Å². The van der Waals surface area contributed by atoms with Crippen molar-refractivity contribution in [2.75, 3.05) is 13.7 Å². The first-order valence-corrected chi connectivity index (χ1v) is 6.40. The van der Waals surface area contributed by atoms with E-state index in [-0.39, 0.29) is 18.7 Å². The second kappa shape index (κ2) is 5.71. The van der Waals surface area contributed by atoms with Crippen molar-refractivity contribution < 1.29 is 14.6 Å². The summed E-state index contributed by atoms with van der Waals surface area (Å²) in [4.78, 5) is 13.6. The van der Waals surface area contributed by atoms with E-state index in [2.05, 4.69) is 0 Å². The second-order valence-electron chi connectivity index (χ2n) is 5.95. The Balaban J connectivity index is 2.43. The highest BCUT2D eigenvalue weighted by molar-refractivity contribution is 5.68. The van der Waals surface area contributed by atoms with Gasteiger partial charge in [0.2, 0.25) is 0 Å². The fourth-order valence-corrected chi connectivity index (χ4v) is 2.20. The highest BCUT2D eigenvalue weighted by atomic mass is 16.6. The molecule has 1 aliphatic rings. The highest BCUT2D eigenvalue weighted by Crippen LogP contribution is 2.27. The van der Waals surface area contributed by atoms with Crippen molar-refractivity contribution in [3.8, 4) is 0 Å². The summed E-state index contributed by atoms with van der Waals surface area (Å²) in [7, 11) is 1.80. The first-order chi connectivity index (χ1) is 7.83. The number of carbonyl (C=O) groups excluding carboxylic acids is 1. The van der Waals surface area contributed by atoms with E-state index in [1.165, 1.54) is 0 Å². The Kier molecular flexibility index (Phi) is 4.80. The Bertz CT molecular complexity index is 252. The number of nitrogens with zero attached hydrogens (tertiary/aromatic N) is 1. The molecule has 4 nitrogen and oxygen atoms in total. The molecule has 0 unspecified atom stereocenters. The van der Waals surface area contributed by atoms with Gasteiger partial charge in [-0.1, -0.05) is 0 Å². The Morgan fingerprint density at radius 1 is 1.29 bits per heavy atom. The van der Waals surface area contributed by atoms with Gasteiger partial charge in [-0.2, -0.15) is 0 Å². The summed E-state index contributed by atoms with van der Waals surface area (Å²) in [6, 6.07) is 0.257. The molecule has 0 aliphatic heterocycles. The molecule has 1 aliphatic carbocycles. The molecule has 0 aromatic heterocycles. The number of aliphatic hydroxyl groups is 1. The highest BCUT2D eigenvalue weighted by Gasteiger charge is 2.28. The molecule has 4 heteroatoms. The molecule has 0 aromatic carbocycles. The lowest BCUT2D eigenvalue weighted by atomic mass is 9.86. The van der Waals surface area contributed by atoms with Crippen molar-refractivity contribution in [1.82, 2.24) is 4.90 Å². The van der Waals surface area contributed by atoms with Crippen molar-refractivity contribution in [3.05, 3.63) is 0 Å². The van der Waals surface area contributed by atoms with Crippen LogP contribution in [-0.2, 0) is 4.74 Å². The molecule has 17 heavy (non-hydrogen) atoms. The van der Waals surface area contributed by atoms with Gasteiger partial charge in [0.25, 0.3) is 0 Å². The predicted octanol–water partition coefficient (Wildman–Crippen LogP) is 2.40. The van der Waals surface area contributed by atoms with Gasteiger partial charge in [0.15, 0.2) is 0 Å². The summed E-state index contributed by atoms with van der Waals surface area (Å²) in [6.07, 6.45) is 3.66. The molecular weight excluding hydrogens is 218 g/mol. The first-order valence-electron chi connectivity index (χ1n) is 6.40. The second-order valence-corrected chi connectivity index (χ2v) is 5.95. The molecule has 1 N–H and O–H groups in total. The van der Waals surface area contributed by atoms with Crippen LogP contribution < -0.4 is 0 Å². The van der Waals surface area contributed by atoms with Gasteiger partial charge in [-0.25, -0.2) is 4.79 Å². The van der Waals surface area contributed by atoms with Gasteiger partial charge in [-0.3, -0.25) is 0 Å². The van der Waals surface area contributed by atoms with Crippen LogP contribution in [-0.4, -0.2) is 41.4 Å². The summed E-state index contributed by atoms with van der Waals surface area (Å²) in [5.74, 6) is 0.415. The van der Waals surface area contributed by atoms with Crippen molar-refractivity contribution in [2.45, 2.75) is 58.1 Å². The minimum Gasteiger partial charge on any atom is -0.444 e. The topological polar surface area (TPSA) is 49.8 Å². The smallest absolute Gasteiger partial charge is 0.410 e. The standard InChI is InChI=1S/C13H25NO3/c1-13(2,3)17-12(16)14(4)11-7-5-10(9-15)6-8-11/h10-11,15H,5-9H2,1-4H3. The summed E-state index contributed by atoms with van der Waals surface area (Å²) in [5.41, 5.74) is -0.437. The van der Waals surface area contributed by atoms with Crippen LogP contribution in [0.1, 0.15) is 46.5 Å². The maximum atomic E-state index is 11.9. The average molecular weight is 243 g/mol. The number of hydrogen-bond donors (Lipinski definition) is 1. The summed E-state index contributed by atoms with van der Waals surface area (Å²) in [5, 5.41) is 9.07. The van der Waals surface area contributed by atoms with Gasteiger partial charge >= 0.3 is 6.09 Å². The Morgan fingerprint density at radius 3 is 2.24 bits per heavy atom. The fourth-order valence-electron chi connectivity index (χ4n) is 2.20. The van der Waals surface area contributed by atoms with Gasteiger partial charge in [0, 0.05) is 19.7 Å². The van der Waals surface area contributed by atoms with Crippen molar-refractivity contribution in [1.29, 1.82) is 0 Å². The van der Waals surface area contributed by atoms with Gasteiger partial charge in [0.05, 0.1) is 0 Å². The number of aliphatic hydroxyl groups excluding tert-OH is 1. The number of carbonyl (C=O) groups is 1. The zero-order valence-electron chi connectivity index (χ0n) is 11.4. The van der Waals surface area contributed by atoms with Gasteiger partial charge in [0.1, 0.15) is 5.60 Å². The molecule has 0 aromatic rings. The van der Waals surface area contributed by atoms with E-state index in [1.807, 2.05) is 20.8 Å². The van der Waals surface area contributed by atoms with E-state index in [0.717, 1.165) is 25.7 Å². The molecule has 1 saturated carbocycles. The molecule has 1 fully saturated rings. The van der Waals surface area contributed by atoms with Crippen LogP contribution >= 0.6 is 0 Å². The summed E-state index contributed by atoms with van der Waals surface area (Å²) in [6.45, 7) is 5.90. The number of ether oxygens (including phenoxy) is 1. The molecule has 1 amide bonds. The van der Waals surface area contributed by atoms with Crippen LogP contribution in [0, 0.1) is 5.92 Å². The molecule has 100 valence electrons. The summed E-state index contributed by atoms with van der Waals surface area (Å²) >= 11 is 0. The maximum absolute atomic E-state index is 11.9. The SMILES string of the molecule is CN(C(=O)OC(C)(C)C)C1CCC(CO)CC1. The van der Waals surface area contributed by atoms with E-state index in [0.29, 0.717) is 5.92 Å². The third-order valence-corrected chi connectivity index (χ3v) is 3.30. The largest absolute Gasteiger partial charge is 0.444 e. The Morgan fingerprint density at radius 2 is 1.82 bits per heavy atom. The van der Waals surface area contributed by atoms with E-state index < -0.39 is 5.60 Å². The number of hydrogen-bond acceptors (Lipinski definition) is 3. The monoisotopic (exact) mass is 243 g/mol. The van der Waals surface area contributed by atoms with Crippen LogP contribution in [0.15, 0.2) is 0 Å². The van der Waals surface area contributed by atoms with Crippen LogP contribution in [0.3, 0.4) is 0 Å². The lowest BCUT2D eigenvalue weighted by Crippen LogP contribution is -2.42. The molecule has 0 atom stereocenters. The lowest BCUT2D eigenvalue weighted by molar-refractivity contribution is 0.0161. The minimum absolute atomic E-state index is 0.245. The van der Waals surface area contributed by atoms with Gasteiger partial charge in [-0.15, -0.1) is 0 Å². The minimum atomic E-state index is -0.437. The van der Waals surface area contributed by atoms with Crippen LogP contribution in [0.5, 0.6) is 0 Å². The third kappa shape index (κ3) is 4.54. The van der Waals surface area contributed by atoms with Crippen molar-refractivity contribution in [3.63, 3.8) is 0 Å². The zero-order chi connectivity index (χ0) is 13.1. The van der Waals surface area contributed by atoms with E-state index in [1.54, 1.807) is 11.9 Å². The van der Waals surface area contributed by atoms with Gasteiger partial charge < -0.3 is 14.7 Å². The van der Waals surface area contributed by atoms with E-state index >= 15 is 0 Å². The molecular formula is C13H25NO3. The van der Waals surface area contributed by atoms with Crippen molar-refractivity contribution >= 4 is 6.09 Å². The van der Waals surface area contributed by atoms with Crippen molar-refractivity contribution in [2.24, 2.45) is 5.92 Å². The Hall–Kier alpha value is -0.770. The zero-order valence-corrected chi connectivity index (χ0v) is 11.4. The molecule has 0 bridgehead atoms. The molecule has 0 radical (unpaired) electrons. The number of rotatable bonds is 2. The fraction of sp³-hybridized carbons (Fsp3) is 0.923. The lowest BCUT2D eigenvalue weighted by Gasteiger charge is -2.35. The molecule has 0 saturated heterocycles. The first kappa shape index (κ1) is 14.3. The van der Waals surface area contributed by atoms with Crippen LogP contribution in [0.2, 0.25) is 0 Å². The summed E-state index contributed by atoms with van der Waals surface area (Å²) < 4.78 is 5.34. The Labute approximate surface area is 104 Å². The average Bonchev–Trinajstić information content (AvgIpc) is 2.26. The van der Waals surface area contributed by atoms with E-state index in [4.69, 9.17) is 9.84 Å². The predicted molar refractivity (Wildman–Crippen MR) is 66.8 cm³/mol. The van der Waals surface area contributed by atoms with Crippen LogP contribution in [0.4, 0.5) is 4.79 Å². The third-order valence-electron chi connectivity index (χ3n) is 3.30. The normalized spacial score (nSPS) is 25.5. The molecule has 0 spiro atoms. The maximum Gasteiger partial charge on any atom is 0.410 e. The number of amides is 1. The quantitative estimate of drug-likeness (QED) is 0.810. The van der Waals surface area contributed by atoms with E-state index in [9.17, 15) is 4.79 Å². The molecule has 1 rings (SSSR count).